The third-order valence-electron chi connectivity index (χ3n) is 6.55. The van der Waals surface area contributed by atoms with E-state index < -0.39 is 0 Å². The standard InChI is InChI=1S/C26H32ClN5O3/c1-4-23(24-29-22-8-6-5-7-21(22)25(33)32(24)15-16-35-3)30-13-14-31(18(2)17-30)26(34)28-20-11-9-19(27)10-12-20/h5-12,18,23H,4,13-17H2,1-3H3,(H,28,34). The highest BCUT2D eigenvalue weighted by Crippen LogP contribution is 2.27. The molecule has 1 fully saturated rings. The molecule has 2 aromatic carbocycles. The first-order valence-electron chi connectivity index (χ1n) is 12.0. The molecule has 0 saturated carbocycles. The molecule has 2 amide bonds. The fourth-order valence-corrected chi connectivity index (χ4v) is 4.87. The number of ether oxygens (including phenoxy) is 1. The van der Waals surface area contributed by atoms with E-state index in [0.717, 1.165) is 12.2 Å². The molecule has 1 aliphatic heterocycles. The van der Waals surface area contributed by atoms with Crippen molar-refractivity contribution >= 4 is 34.2 Å². The van der Waals surface area contributed by atoms with Crippen LogP contribution in [0, 0.1) is 0 Å². The molecule has 2 atom stereocenters. The number of hydrogen-bond acceptors (Lipinski definition) is 5. The Balaban J connectivity index is 1.55. The molecule has 0 bridgehead atoms. The maximum absolute atomic E-state index is 13.3. The van der Waals surface area contributed by atoms with Crippen LogP contribution in [-0.4, -0.2) is 64.8 Å². The smallest absolute Gasteiger partial charge is 0.322 e. The zero-order valence-corrected chi connectivity index (χ0v) is 21.2. The number of methoxy groups -OCH3 is 1. The fraction of sp³-hybridized carbons (Fsp3) is 0.423. The lowest BCUT2D eigenvalue weighted by Gasteiger charge is -2.43. The van der Waals surface area contributed by atoms with Crippen LogP contribution < -0.4 is 10.9 Å². The van der Waals surface area contributed by atoms with Gasteiger partial charge in [0.25, 0.3) is 5.56 Å². The first-order valence-corrected chi connectivity index (χ1v) is 12.4. The molecule has 1 N–H and O–H groups in total. The van der Waals surface area contributed by atoms with Gasteiger partial charge in [0.2, 0.25) is 0 Å². The largest absolute Gasteiger partial charge is 0.383 e. The average Bonchev–Trinajstić information content (AvgIpc) is 2.86. The van der Waals surface area contributed by atoms with Crippen LogP contribution in [0.15, 0.2) is 53.3 Å². The molecule has 0 spiro atoms. The summed E-state index contributed by atoms with van der Waals surface area (Å²) in [6, 6.07) is 14.4. The lowest BCUT2D eigenvalue weighted by molar-refractivity contribution is 0.0709. The highest BCUT2D eigenvalue weighted by Gasteiger charge is 2.33. The number of carbonyl (C=O) groups is 1. The lowest BCUT2D eigenvalue weighted by Crippen LogP contribution is -2.56. The highest BCUT2D eigenvalue weighted by molar-refractivity contribution is 6.30. The number of halogens is 1. The molecule has 0 radical (unpaired) electrons. The first-order chi connectivity index (χ1) is 16.9. The van der Waals surface area contributed by atoms with E-state index in [-0.39, 0.29) is 23.7 Å². The normalized spacial score (nSPS) is 17.5. The Hall–Kier alpha value is -2.94. The number of rotatable bonds is 7. The molecule has 4 rings (SSSR count). The molecule has 2 unspecified atom stereocenters. The molecule has 35 heavy (non-hydrogen) atoms. The number of aromatic nitrogens is 2. The van der Waals surface area contributed by atoms with Crippen molar-refractivity contribution in [3.63, 3.8) is 0 Å². The van der Waals surface area contributed by atoms with Crippen molar-refractivity contribution in [2.75, 3.05) is 38.7 Å². The van der Waals surface area contributed by atoms with E-state index in [1.165, 1.54) is 0 Å². The van der Waals surface area contributed by atoms with Crippen LogP contribution in [0.2, 0.25) is 5.02 Å². The predicted octanol–water partition coefficient (Wildman–Crippen LogP) is 4.39. The third-order valence-corrected chi connectivity index (χ3v) is 6.80. The van der Waals surface area contributed by atoms with Gasteiger partial charge in [-0.15, -0.1) is 0 Å². The Bertz CT molecular complexity index is 1230. The van der Waals surface area contributed by atoms with E-state index in [0.29, 0.717) is 54.4 Å². The van der Waals surface area contributed by atoms with Crippen molar-refractivity contribution < 1.29 is 9.53 Å². The van der Waals surface area contributed by atoms with Crippen molar-refractivity contribution in [2.45, 2.75) is 38.9 Å². The molecule has 186 valence electrons. The summed E-state index contributed by atoms with van der Waals surface area (Å²) in [5.41, 5.74) is 1.37. The van der Waals surface area contributed by atoms with Crippen LogP contribution in [0.1, 0.15) is 32.1 Å². The molecule has 2 heterocycles. The molecule has 8 nitrogen and oxygen atoms in total. The average molecular weight is 498 g/mol. The van der Waals surface area contributed by atoms with Crippen LogP contribution in [0.5, 0.6) is 0 Å². The second kappa shape index (κ2) is 11.2. The minimum atomic E-state index is -0.131. The van der Waals surface area contributed by atoms with E-state index in [1.54, 1.807) is 35.9 Å². The number of amides is 2. The van der Waals surface area contributed by atoms with Gasteiger partial charge >= 0.3 is 6.03 Å². The quantitative estimate of drug-likeness (QED) is 0.524. The number of nitrogens with zero attached hydrogens (tertiary/aromatic N) is 4. The number of hydrogen-bond donors (Lipinski definition) is 1. The van der Waals surface area contributed by atoms with Gasteiger partial charge in [-0.3, -0.25) is 14.3 Å². The van der Waals surface area contributed by atoms with Crippen LogP contribution in [0.4, 0.5) is 10.5 Å². The van der Waals surface area contributed by atoms with Crippen LogP contribution in [0.25, 0.3) is 10.9 Å². The zero-order chi connectivity index (χ0) is 24.9. The maximum atomic E-state index is 13.3. The number of fused-ring (bicyclic) bond motifs is 1. The molecule has 9 heteroatoms. The Morgan fingerprint density at radius 1 is 1.20 bits per heavy atom. The van der Waals surface area contributed by atoms with Gasteiger partial charge in [0.05, 0.1) is 30.1 Å². The molecule has 1 saturated heterocycles. The second-order valence-corrected chi connectivity index (χ2v) is 9.27. The Kier molecular flexibility index (Phi) is 8.05. The number of benzene rings is 2. The van der Waals surface area contributed by atoms with E-state index in [4.69, 9.17) is 21.3 Å². The molecular formula is C26H32ClN5O3. The number of para-hydroxylation sites is 1. The summed E-state index contributed by atoms with van der Waals surface area (Å²) in [5, 5.41) is 4.19. The maximum Gasteiger partial charge on any atom is 0.322 e. The van der Waals surface area contributed by atoms with Crippen LogP contribution in [-0.2, 0) is 11.3 Å². The van der Waals surface area contributed by atoms with Gasteiger partial charge in [0.1, 0.15) is 5.82 Å². The Labute approximate surface area is 210 Å². The van der Waals surface area contributed by atoms with Gasteiger partial charge in [-0.25, -0.2) is 9.78 Å². The number of urea groups is 1. The number of anilines is 1. The van der Waals surface area contributed by atoms with Gasteiger partial charge in [-0.2, -0.15) is 0 Å². The summed E-state index contributed by atoms with van der Waals surface area (Å²) in [7, 11) is 1.63. The summed E-state index contributed by atoms with van der Waals surface area (Å²) in [4.78, 5) is 35.4. The zero-order valence-electron chi connectivity index (χ0n) is 20.4. The Morgan fingerprint density at radius 3 is 2.63 bits per heavy atom. The SMILES string of the molecule is CCC(c1nc2ccccc2c(=O)n1CCOC)N1CCN(C(=O)Nc2ccc(Cl)cc2)C(C)C1. The van der Waals surface area contributed by atoms with Crippen molar-refractivity contribution in [1.29, 1.82) is 0 Å². The van der Waals surface area contributed by atoms with Gasteiger partial charge < -0.3 is 15.0 Å². The Morgan fingerprint density at radius 2 is 1.94 bits per heavy atom. The second-order valence-electron chi connectivity index (χ2n) is 8.84. The van der Waals surface area contributed by atoms with E-state index in [2.05, 4.69) is 17.1 Å². The molecule has 1 aliphatic rings. The minimum absolute atomic E-state index is 0.00953. The van der Waals surface area contributed by atoms with E-state index >= 15 is 0 Å². The summed E-state index contributed by atoms with van der Waals surface area (Å²) >= 11 is 5.95. The van der Waals surface area contributed by atoms with Gasteiger partial charge in [0.15, 0.2) is 0 Å². The molecule has 3 aromatic rings. The predicted molar refractivity (Wildman–Crippen MR) is 139 cm³/mol. The van der Waals surface area contributed by atoms with E-state index in [9.17, 15) is 9.59 Å². The summed E-state index contributed by atoms with van der Waals surface area (Å²) in [6.07, 6.45) is 0.793. The minimum Gasteiger partial charge on any atom is -0.383 e. The third kappa shape index (κ3) is 5.50. The number of nitrogens with one attached hydrogen (secondary N) is 1. The van der Waals surface area contributed by atoms with Crippen molar-refractivity contribution in [3.8, 4) is 0 Å². The lowest BCUT2D eigenvalue weighted by atomic mass is 10.1. The molecule has 0 aliphatic carbocycles. The van der Waals surface area contributed by atoms with E-state index in [1.807, 2.05) is 36.1 Å². The molecular weight excluding hydrogens is 466 g/mol. The van der Waals surface area contributed by atoms with Gasteiger partial charge in [0, 0.05) is 43.5 Å². The fourth-order valence-electron chi connectivity index (χ4n) is 4.74. The van der Waals surface area contributed by atoms with Crippen molar-refractivity contribution in [3.05, 3.63) is 69.7 Å². The monoisotopic (exact) mass is 497 g/mol. The van der Waals surface area contributed by atoms with Gasteiger partial charge in [-0.05, 0) is 49.7 Å². The van der Waals surface area contributed by atoms with Gasteiger partial charge in [-0.1, -0.05) is 30.7 Å². The topological polar surface area (TPSA) is 79.7 Å². The van der Waals surface area contributed by atoms with Crippen LogP contribution in [0.3, 0.4) is 0 Å². The summed E-state index contributed by atoms with van der Waals surface area (Å²) < 4.78 is 7.03. The first kappa shape index (κ1) is 25.2. The van der Waals surface area contributed by atoms with Crippen molar-refractivity contribution in [1.82, 2.24) is 19.4 Å². The van der Waals surface area contributed by atoms with Crippen LogP contribution >= 0.6 is 11.6 Å². The summed E-state index contributed by atoms with van der Waals surface area (Å²) in [6.45, 7) is 6.97. The number of carbonyl (C=O) groups excluding carboxylic acids is 1. The van der Waals surface area contributed by atoms with Crippen molar-refractivity contribution in [2.24, 2.45) is 0 Å². The summed E-state index contributed by atoms with van der Waals surface area (Å²) in [5.74, 6) is 0.750. The number of piperazine rings is 1. The molecule has 1 aromatic heterocycles. The highest BCUT2D eigenvalue weighted by atomic mass is 35.5.